The summed E-state index contributed by atoms with van der Waals surface area (Å²) in [6.07, 6.45) is 5.92. The number of ether oxygens (including phenoxy) is 1. The lowest BCUT2D eigenvalue weighted by atomic mass is 10.1. The van der Waals surface area contributed by atoms with Crippen LogP contribution >= 0.6 is 0 Å². The summed E-state index contributed by atoms with van der Waals surface area (Å²) < 4.78 is 5.70. The molecule has 98 valence electrons. The number of carboxylic acid groups (broad SMARTS) is 1. The molecule has 0 bridgehead atoms. The molecular formula is C14H14N2O3. The second kappa shape index (κ2) is 6.39. The number of nitrogens with zero attached hydrogens (tertiary/aromatic N) is 1. The average Bonchev–Trinajstić information content (AvgIpc) is 2.67. The summed E-state index contributed by atoms with van der Waals surface area (Å²) in [7, 11) is 0. The number of hydrogen-bond acceptors (Lipinski definition) is 4. The van der Waals surface area contributed by atoms with Crippen LogP contribution in [0.5, 0.6) is 5.75 Å². The molecule has 0 aliphatic carbocycles. The minimum atomic E-state index is -0.932. The number of allylic oxidation sites excluding steroid dienone is 2. The molecular weight excluding hydrogens is 244 g/mol. The lowest BCUT2D eigenvalue weighted by Gasteiger charge is -2.17. The van der Waals surface area contributed by atoms with Gasteiger partial charge in [-0.05, 0) is 24.3 Å². The van der Waals surface area contributed by atoms with E-state index in [1.807, 2.05) is 18.2 Å². The van der Waals surface area contributed by atoms with Crippen LogP contribution in [0, 0.1) is 0 Å². The number of aliphatic carboxylic acids is 1. The van der Waals surface area contributed by atoms with Gasteiger partial charge in [0.1, 0.15) is 5.75 Å². The summed E-state index contributed by atoms with van der Waals surface area (Å²) in [5.74, 6) is -0.316. The Morgan fingerprint density at radius 1 is 1.37 bits per heavy atom. The van der Waals surface area contributed by atoms with Crippen LogP contribution in [0.4, 0.5) is 0 Å². The molecule has 0 aromatic heterocycles. The highest BCUT2D eigenvalue weighted by molar-refractivity contribution is 5.68. The maximum atomic E-state index is 10.9. The molecule has 1 heterocycles. The average molecular weight is 258 g/mol. The van der Waals surface area contributed by atoms with Gasteiger partial charge in [-0.15, -0.1) is 0 Å². The van der Waals surface area contributed by atoms with Crippen molar-refractivity contribution in [3.05, 3.63) is 54.4 Å². The summed E-state index contributed by atoms with van der Waals surface area (Å²) in [5, 5.41) is 11.8. The van der Waals surface area contributed by atoms with Gasteiger partial charge >= 0.3 is 5.97 Å². The highest BCUT2D eigenvalue weighted by Crippen LogP contribution is 2.19. The van der Waals surface area contributed by atoms with E-state index in [0.29, 0.717) is 11.4 Å². The molecule has 0 fully saturated rings. The third-order valence-electron chi connectivity index (χ3n) is 2.46. The topological polar surface area (TPSA) is 70.9 Å². The van der Waals surface area contributed by atoms with Crippen LogP contribution in [0.25, 0.3) is 0 Å². The first-order chi connectivity index (χ1) is 9.25. The van der Waals surface area contributed by atoms with Crippen molar-refractivity contribution in [1.82, 2.24) is 5.32 Å². The van der Waals surface area contributed by atoms with E-state index in [9.17, 15) is 4.79 Å². The molecule has 1 aliphatic heterocycles. The largest absolute Gasteiger partial charge is 0.484 e. The van der Waals surface area contributed by atoms with Gasteiger partial charge in [0.25, 0.3) is 0 Å². The minimum absolute atomic E-state index is 0.147. The summed E-state index contributed by atoms with van der Waals surface area (Å²) in [6, 6.07) is 9.10. The normalized spacial score (nSPS) is 15.1. The quantitative estimate of drug-likeness (QED) is 0.846. The summed E-state index contributed by atoms with van der Waals surface area (Å²) in [5.41, 5.74) is 0.563. The number of carbonyl (C=O) groups is 1. The van der Waals surface area contributed by atoms with Crippen LogP contribution in [-0.2, 0) is 4.79 Å². The lowest BCUT2D eigenvalue weighted by Crippen LogP contribution is -2.22. The third kappa shape index (κ3) is 3.99. The van der Waals surface area contributed by atoms with Gasteiger partial charge in [-0.2, -0.15) is 0 Å². The fraction of sp³-hybridized carbons (Fsp3) is 0.143. The molecule has 1 atom stereocenters. The lowest BCUT2D eigenvalue weighted by molar-refractivity contribution is -0.138. The fourth-order valence-electron chi connectivity index (χ4n) is 1.62. The van der Waals surface area contributed by atoms with Crippen molar-refractivity contribution in [2.75, 3.05) is 0 Å². The highest BCUT2D eigenvalue weighted by atomic mass is 16.5. The van der Waals surface area contributed by atoms with Gasteiger partial charge in [-0.1, -0.05) is 18.2 Å². The second-order valence-corrected chi connectivity index (χ2v) is 3.89. The van der Waals surface area contributed by atoms with E-state index in [1.165, 1.54) is 6.34 Å². The summed E-state index contributed by atoms with van der Waals surface area (Å²) in [6.45, 7) is 0. The zero-order valence-corrected chi connectivity index (χ0v) is 10.2. The van der Waals surface area contributed by atoms with Crippen molar-refractivity contribution < 1.29 is 14.6 Å². The zero-order chi connectivity index (χ0) is 13.5. The molecule has 0 saturated carbocycles. The van der Waals surface area contributed by atoms with Crippen molar-refractivity contribution in [2.45, 2.75) is 12.5 Å². The Kier molecular flexibility index (Phi) is 4.34. The van der Waals surface area contributed by atoms with Crippen LogP contribution < -0.4 is 10.1 Å². The molecule has 5 nitrogen and oxygen atoms in total. The molecule has 1 aromatic rings. The summed E-state index contributed by atoms with van der Waals surface area (Å²) in [4.78, 5) is 15.1. The Labute approximate surface area is 110 Å². The number of para-hydroxylation sites is 1. The highest BCUT2D eigenvalue weighted by Gasteiger charge is 2.19. The van der Waals surface area contributed by atoms with Crippen LogP contribution in [0.3, 0.4) is 0 Å². The number of hydrogen-bond donors (Lipinski definition) is 2. The molecule has 0 radical (unpaired) electrons. The second-order valence-electron chi connectivity index (χ2n) is 3.89. The smallest absolute Gasteiger partial charge is 0.307 e. The van der Waals surface area contributed by atoms with E-state index >= 15 is 0 Å². The van der Waals surface area contributed by atoms with E-state index in [-0.39, 0.29) is 6.42 Å². The van der Waals surface area contributed by atoms with Gasteiger partial charge in [-0.25, -0.2) is 4.99 Å². The first-order valence-electron chi connectivity index (χ1n) is 5.84. The SMILES string of the molecule is O=C(O)CC(Oc1ccccc1)C1=CC=CNC=N1. The van der Waals surface area contributed by atoms with Crippen molar-refractivity contribution in [3.8, 4) is 5.75 Å². The Morgan fingerprint density at radius 3 is 2.89 bits per heavy atom. The number of carboxylic acids is 1. The molecule has 0 spiro atoms. The fourth-order valence-corrected chi connectivity index (χ4v) is 1.62. The van der Waals surface area contributed by atoms with Crippen LogP contribution in [0.15, 0.2) is 59.4 Å². The number of benzene rings is 1. The van der Waals surface area contributed by atoms with Crippen LogP contribution in [-0.4, -0.2) is 23.5 Å². The van der Waals surface area contributed by atoms with Gasteiger partial charge < -0.3 is 15.2 Å². The Hall–Kier alpha value is -2.56. The van der Waals surface area contributed by atoms with Crippen molar-refractivity contribution in [3.63, 3.8) is 0 Å². The molecule has 2 N–H and O–H groups in total. The van der Waals surface area contributed by atoms with Gasteiger partial charge in [-0.3, -0.25) is 4.79 Å². The van der Waals surface area contributed by atoms with E-state index in [0.717, 1.165) is 0 Å². The standard InChI is InChI=1S/C14H14N2O3/c17-14(18)9-13(12-7-4-8-15-10-16-12)19-11-5-2-1-3-6-11/h1-8,10,13H,9H2,(H,15,16)(H,17,18). The molecule has 1 unspecified atom stereocenters. The van der Waals surface area contributed by atoms with Gasteiger partial charge in [0, 0.05) is 6.20 Å². The predicted molar refractivity (Wildman–Crippen MR) is 72.0 cm³/mol. The van der Waals surface area contributed by atoms with Gasteiger partial charge in [0.2, 0.25) is 0 Å². The molecule has 1 aliphatic rings. The minimum Gasteiger partial charge on any atom is -0.484 e. The molecule has 19 heavy (non-hydrogen) atoms. The Bertz CT molecular complexity index is 521. The summed E-state index contributed by atoms with van der Waals surface area (Å²) >= 11 is 0. The maximum absolute atomic E-state index is 10.9. The molecule has 5 heteroatoms. The predicted octanol–water partition coefficient (Wildman–Crippen LogP) is 1.94. The van der Waals surface area contributed by atoms with Crippen LogP contribution in [0.2, 0.25) is 0 Å². The monoisotopic (exact) mass is 258 g/mol. The van der Waals surface area contributed by atoms with E-state index in [1.54, 1.807) is 30.5 Å². The van der Waals surface area contributed by atoms with Gasteiger partial charge in [0.05, 0.1) is 18.5 Å². The number of rotatable bonds is 5. The first kappa shape index (κ1) is 12.9. The van der Waals surface area contributed by atoms with Crippen molar-refractivity contribution in [2.24, 2.45) is 4.99 Å². The maximum Gasteiger partial charge on any atom is 0.307 e. The van der Waals surface area contributed by atoms with E-state index in [2.05, 4.69) is 10.3 Å². The van der Waals surface area contributed by atoms with E-state index < -0.39 is 12.1 Å². The van der Waals surface area contributed by atoms with Gasteiger partial charge in [0.15, 0.2) is 6.10 Å². The zero-order valence-electron chi connectivity index (χ0n) is 10.2. The number of nitrogens with one attached hydrogen (secondary N) is 1. The molecule has 2 rings (SSSR count). The molecule has 0 amide bonds. The van der Waals surface area contributed by atoms with Crippen LogP contribution in [0.1, 0.15) is 6.42 Å². The van der Waals surface area contributed by atoms with Crippen molar-refractivity contribution in [1.29, 1.82) is 0 Å². The first-order valence-corrected chi connectivity index (χ1v) is 5.84. The Balaban J connectivity index is 2.18. The Morgan fingerprint density at radius 2 is 2.16 bits per heavy atom. The molecule has 1 aromatic carbocycles. The van der Waals surface area contributed by atoms with E-state index in [4.69, 9.17) is 9.84 Å². The third-order valence-corrected chi connectivity index (χ3v) is 2.46. The number of aliphatic imine (C=N–C) groups is 1. The van der Waals surface area contributed by atoms with Crippen molar-refractivity contribution >= 4 is 12.3 Å². The molecule has 0 saturated heterocycles.